The molecule has 0 amide bonds. The minimum Gasteiger partial charge on any atom is -0.388 e. The first-order valence-corrected chi connectivity index (χ1v) is 5.55. The van der Waals surface area contributed by atoms with Crippen LogP contribution in [0.25, 0.3) is 16.8 Å². The van der Waals surface area contributed by atoms with E-state index < -0.39 is 5.60 Å². The van der Waals surface area contributed by atoms with E-state index >= 15 is 0 Å². The number of rotatable bonds is 3. The third kappa shape index (κ3) is 1.62. The van der Waals surface area contributed by atoms with E-state index in [1.165, 1.54) is 0 Å². The lowest BCUT2D eigenvalue weighted by Gasteiger charge is -2.19. The summed E-state index contributed by atoms with van der Waals surface area (Å²) in [5.41, 5.74) is 6.45. The van der Waals surface area contributed by atoms with Crippen LogP contribution in [0.5, 0.6) is 0 Å². The van der Waals surface area contributed by atoms with Gasteiger partial charge in [0.2, 0.25) is 0 Å². The van der Waals surface area contributed by atoms with Gasteiger partial charge in [-0.2, -0.15) is 0 Å². The summed E-state index contributed by atoms with van der Waals surface area (Å²) in [5.74, 6) is 0.615. The maximum absolute atomic E-state index is 9.98. The zero-order valence-corrected chi connectivity index (χ0v) is 9.83. The minimum atomic E-state index is -1.01. The Morgan fingerprint density at radius 3 is 3.06 bits per heavy atom. The molecule has 94 valence electrons. The topological polar surface area (TPSA) is 118 Å². The molecule has 8 nitrogen and oxygen atoms in total. The number of nitrogens with two attached hydrogens (primary N) is 1. The van der Waals surface area contributed by atoms with Gasteiger partial charge in [-0.3, -0.25) is 4.40 Å². The number of aromatic amines is 1. The monoisotopic (exact) mass is 247 g/mol. The molecule has 0 fully saturated rings. The second kappa shape index (κ2) is 3.72. The predicted molar refractivity (Wildman–Crippen MR) is 63.8 cm³/mol. The lowest BCUT2D eigenvalue weighted by Crippen LogP contribution is -2.37. The summed E-state index contributed by atoms with van der Waals surface area (Å²) in [5, 5.41) is 18.1. The first-order chi connectivity index (χ1) is 8.61. The molecule has 0 aliphatic carbocycles. The maximum Gasteiger partial charge on any atom is 0.189 e. The first-order valence-electron chi connectivity index (χ1n) is 5.55. The van der Waals surface area contributed by atoms with Crippen LogP contribution in [0.3, 0.4) is 0 Å². The second-order valence-corrected chi connectivity index (χ2v) is 4.53. The minimum absolute atomic E-state index is 0.154. The average Bonchev–Trinajstić information content (AvgIpc) is 2.94. The van der Waals surface area contributed by atoms with Gasteiger partial charge in [-0.15, -0.1) is 10.2 Å². The smallest absolute Gasteiger partial charge is 0.189 e. The first kappa shape index (κ1) is 11.1. The molecule has 3 aromatic heterocycles. The SMILES string of the molecule is CC(O)(CN)Cc1nnc2c3[nH]cnc3ncn12. The largest absolute Gasteiger partial charge is 0.388 e. The highest BCUT2D eigenvalue weighted by atomic mass is 16.3. The van der Waals surface area contributed by atoms with Crippen molar-refractivity contribution in [1.82, 2.24) is 29.5 Å². The summed E-state index contributed by atoms with van der Waals surface area (Å²) in [7, 11) is 0. The zero-order valence-electron chi connectivity index (χ0n) is 9.83. The second-order valence-electron chi connectivity index (χ2n) is 4.53. The number of aliphatic hydroxyl groups is 1. The highest BCUT2D eigenvalue weighted by molar-refractivity contribution is 5.84. The van der Waals surface area contributed by atoms with Crippen molar-refractivity contribution in [2.75, 3.05) is 6.54 Å². The molecule has 3 aromatic rings. The summed E-state index contributed by atoms with van der Waals surface area (Å²) in [4.78, 5) is 11.2. The molecule has 0 saturated heterocycles. The highest BCUT2D eigenvalue weighted by Crippen LogP contribution is 2.16. The van der Waals surface area contributed by atoms with Crippen molar-refractivity contribution in [2.45, 2.75) is 18.9 Å². The number of hydrogen-bond donors (Lipinski definition) is 3. The molecule has 3 rings (SSSR count). The number of hydrogen-bond acceptors (Lipinski definition) is 6. The summed E-state index contributed by atoms with van der Waals surface area (Å²) in [6.07, 6.45) is 3.47. The fourth-order valence-corrected chi connectivity index (χ4v) is 1.81. The fourth-order valence-electron chi connectivity index (χ4n) is 1.81. The van der Waals surface area contributed by atoms with E-state index in [9.17, 15) is 5.11 Å². The van der Waals surface area contributed by atoms with Crippen LogP contribution in [0.4, 0.5) is 0 Å². The van der Waals surface area contributed by atoms with E-state index in [-0.39, 0.29) is 6.54 Å². The normalized spacial score (nSPS) is 15.3. The number of nitrogens with zero attached hydrogens (tertiary/aromatic N) is 5. The van der Waals surface area contributed by atoms with Crippen molar-refractivity contribution in [3.8, 4) is 0 Å². The molecule has 0 spiro atoms. The molecular formula is C10H13N7O. The van der Waals surface area contributed by atoms with Crippen LogP contribution in [0, 0.1) is 0 Å². The van der Waals surface area contributed by atoms with Gasteiger partial charge in [0, 0.05) is 13.0 Å². The fraction of sp³-hybridized carbons (Fsp3) is 0.400. The van der Waals surface area contributed by atoms with Crippen LogP contribution in [0.1, 0.15) is 12.7 Å². The third-order valence-electron chi connectivity index (χ3n) is 2.88. The molecule has 8 heteroatoms. The van der Waals surface area contributed by atoms with Crippen LogP contribution in [0.15, 0.2) is 12.7 Å². The number of H-pyrrole nitrogens is 1. The summed E-state index contributed by atoms with van der Waals surface area (Å²) in [6.45, 7) is 1.82. The molecule has 0 aliphatic rings. The van der Waals surface area contributed by atoms with Gasteiger partial charge in [0.05, 0.1) is 11.9 Å². The molecule has 0 aromatic carbocycles. The molecule has 1 atom stereocenters. The van der Waals surface area contributed by atoms with E-state index in [0.29, 0.717) is 23.5 Å². The Morgan fingerprint density at radius 2 is 2.28 bits per heavy atom. The molecule has 4 N–H and O–H groups in total. The molecule has 0 bridgehead atoms. The Hall–Kier alpha value is -2.06. The molecule has 0 saturated carbocycles. The van der Waals surface area contributed by atoms with Gasteiger partial charge in [-0.1, -0.05) is 0 Å². The molecule has 18 heavy (non-hydrogen) atoms. The Morgan fingerprint density at radius 1 is 1.44 bits per heavy atom. The molecule has 0 radical (unpaired) electrons. The van der Waals surface area contributed by atoms with Crippen LogP contribution >= 0.6 is 0 Å². The summed E-state index contributed by atoms with van der Waals surface area (Å²) in [6, 6.07) is 0. The van der Waals surface area contributed by atoms with Crippen molar-refractivity contribution in [1.29, 1.82) is 0 Å². The van der Waals surface area contributed by atoms with Crippen molar-refractivity contribution in [2.24, 2.45) is 5.73 Å². The average molecular weight is 247 g/mol. The lowest BCUT2D eigenvalue weighted by atomic mass is 10.0. The van der Waals surface area contributed by atoms with Gasteiger partial charge in [-0.25, -0.2) is 9.97 Å². The number of nitrogens with one attached hydrogen (secondary N) is 1. The molecule has 3 heterocycles. The van der Waals surface area contributed by atoms with Crippen LogP contribution < -0.4 is 5.73 Å². The maximum atomic E-state index is 9.98. The van der Waals surface area contributed by atoms with Gasteiger partial charge < -0.3 is 15.8 Å². The van der Waals surface area contributed by atoms with E-state index in [1.54, 1.807) is 24.0 Å². The van der Waals surface area contributed by atoms with Gasteiger partial charge >= 0.3 is 0 Å². The molecule has 1 unspecified atom stereocenters. The van der Waals surface area contributed by atoms with Gasteiger partial charge in [0.1, 0.15) is 17.7 Å². The van der Waals surface area contributed by atoms with Crippen molar-refractivity contribution in [3.05, 3.63) is 18.5 Å². The van der Waals surface area contributed by atoms with Crippen LogP contribution in [-0.4, -0.2) is 46.8 Å². The molecular weight excluding hydrogens is 234 g/mol. The summed E-state index contributed by atoms with van der Waals surface area (Å²) >= 11 is 0. The quantitative estimate of drug-likeness (QED) is 0.560. The number of fused-ring (bicyclic) bond motifs is 3. The standard InChI is InChI=1S/C10H13N7O/c1-10(18,3-11)2-6-15-16-9-7-8(13-4-12-7)14-5-17(6)9/h4-5,18H,2-3,11H2,1H3,(H,12,13). The third-order valence-corrected chi connectivity index (χ3v) is 2.88. The highest BCUT2D eigenvalue weighted by Gasteiger charge is 2.22. The van der Waals surface area contributed by atoms with Crippen molar-refractivity contribution in [3.63, 3.8) is 0 Å². The van der Waals surface area contributed by atoms with Gasteiger partial charge in [0.25, 0.3) is 0 Å². The Bertz CT molecular complexity index is 698. The van der Waals surface area contributed by atoms with E-state index in [1.807, 2.05) is 0 Å². The predicted octanol–water partition coefficient (Wildman–Crippen LogP) is -0.747. The van der Waals surface area contributed by atoms with E-state index in [2.05, 4.69) is 25.1 Å². The van der Waals surface area contributed by atoms with Crippen LogP contribution in [0.2, 0.25) is 0 Å². The van der Waals surface area contributed by atoms with Gasteiger partial charge in [-0.05, 0) is 6.92 Å². The number of imidazole rings is 1. The summed E-state index contributed by atoms with van der Waals surface area (Å²) < 4.78 is 1.73. The molecule has 0 aliphatic heterocycles. The van der Waals surface area contributed by atoms with E-state index in [0.717, 1.165) is 5.52 Å². The van der Waals surface area contributed by atoms with Crippen molar-refractivity contribution >= 4 is 16.8 Å². The van der Waals surface area contributed by atoms with Crippen LogP contribution in [-0.2, 0) is 6.42 Å². The lowest BCUT2D eigenvalue weighted by molar-refractivity contribution is 0.0672. The Balaban J connectivity index is 2.14. The zero-order chi connectivity index (χ0) is 12.8. The number of aromatic nitrogens is 6. The Labute approximate surface area is 102 Å². The van der Waals surface area contributed by atoms with Crippen molar-refractivity contribution < 1.29 is 5.11 Å². The van der Waals surface area contributed by atoms with E-state index in [4.69, 9.17) is 5.73 Å². The Kier molecular flexibility index (Phi) is 2.28. The van der Waals surface area contributed by atoms with Gasteiger partial charge in [0.15, 0.2) is 11.3 Å².